The van der Waals surface area contributed by atoms with E-state index in [2.05, 4.69) is 10.5 Å². The molecule has 0 aromatic heterocycles. The molecule has 0 saturated carbocycles. The summed E-state index contributed by atoms with van der Waals surface area (Å²) in [4.78, 5) is 0. The molecule has 6 nitrogen and oxygen atoms in total. The average molecular weight is 177 g/mol. The van der Waals surface area contributed by atoms with Crippen LogP contribution in [0.25, 0.3) is 0 Å². The van der Waals surface area contributed by atoms with E-state index < -0.39 is 5.60 Å². The zero-order chi connectivity index (χ0) is 9.61. The van der Waals surface area contributed by atoms with Gasteiger partial charge in [-0.25, -0.2) is 0 Å². The molecule has 12 heavy (non-hydrogen) atoms. The van der Waals surface area contributed by atoms with Crippen LogP contribution < -0.4 is 11.1 Å². The van der Waals surface area contributed by atoms with E-state index in [1.165, 1.54) is 6.92 Å². The van der Waals surface area contributed by atoms with Gasteiger partial charge in [0.05, 0.1) is 18.8 Å². The summed E-state index contributed by atoms with van der Waals surface area (Å²) < 4.78 is 0. The van der Waals surface area contributed by atoms with Gasteiger partial charge < -0.3 is 26.5 Å². The fourth-order valence-electron chi connectivity index (χ4n) is 0.551. The normalized spacial score (nSPS) is 17.4. The second-order valence-corrected chi connectivity index (χ2v) is 2.85. The lowest BCUT2D eigenvalue weighted by Gasteiger charge is -2.20. The number of oxime groups is 1. The van der Waals surface area contributed by atoms with E-state index in [0.29, 0.717) is 0 Å². The lowest BCUT2D eigenvalue weighted by molar-refractivity contribution is 0.00365. The van der Waals surface area contributed by atoms with E-state index >= 15 is 0 Å². The highest BCUT2D eigenvalue weighted by Crippen LogP contribution is 1.97. The number of amidine groups is 1. The molecule has 6 heteroatoms. The van der Waals surface area contributed by atoms with Crippen LogP contribution in [0.15, 0.2) is 5.16 Å². The molecule has 0 aromatic carbocycles. The third-order valence-corrected chi connectivity index (χ3v) is 1.28. The zero-order valence-electron chi connectivity index (χ0n) is 6.99. The molecule has 0 aliphatic heterocycles. The largest absolute Gasteiger partial charge is 0.409 e. The molecular formula is C6H15N3O3. The van der Waals surface area contributed by atoms with Crippen molar-refractivity contribution in [3.05, 3.63) is 0 Å². The molecule has 0 rings (SSSR count). The Bertz CT molecular complexity index is 158. The Balaban J connectivity index is 3.56. The summed E-state index contributed by atoms with van der Waals surface area (Å²) in [5.41, 5.74) is 3.97. The number of hydrogen-bond donors (Lipinski definition) is 5. The maximum absolute atomic E-state index is 9.25. The first-order valence-corrected chi connectivity index (χ1v) is 3.52. The predicted octanol–water partition coefficient (Wildman–Crippen LogP) is -1.93. The monoisotopic (exact) mass is 177 g/mol. The van der Waals surface area contributed by atoms with Gasteiger partial charge in [-0.1, -0.05) is 5.16 Å². The highest BCUT2D eigenvalue weighted by atomic mass is 16.4. The zero-order valence-corrected chi connectivity index (χ0v) is 6.99. The van der Waals surface area contributed by atoms with Crippen molar-refractivity contribution in [2.45, 2.75) is 12.5 Å². The minimum Gasteiger partial charge on any atom is -0.409 e. The van der Waals surface area contributed by atoms with Crippen molar-refractivity contribution >= 4 is 5.84 Å². The molecule has 1 unspecified atom stereocenters. The molecular weight excluding hydrogens is 162 g/mol. The molecule has 0 amide bonds. The first-order valence-electron chi connectivity index (χ1n) is 3.52. The Morgan fingerprint density at radius 3 is 2.67 bits per heavy atom. The van der Waals surface area contributed by atoms with Gasteiger partial charge in [-0.3, -0.25) is 0 Å². The van der Waals surface area contributed by atoms with Crippen molar-refractivity contribution < 1.29 is 15.4 Å². The van der Waals surface area contributed by atoms with Crippen LogP contribution in [-0.4, -0.2) is 46.6 Å². The van der Waals surface area contributed by atoms with Gasteiger partial charge in [-0.2, -0.15) is 0 Å². The lowest BCUT2D eigenvalue weighted by atomic mass is 10.1. The van der Waals surface area contributed by atoms with Gasteiger partial charge in [0.1, 0.15) is 0 Å². The van der Waals surface area contributed by atoms with Crippen LogP contribution in [0, 0.1) is 0 Å². The van der Waals surface area contributed by atoms with E-state index in [9.17, 15) is 5.11 Å². The van der Waals surface area contributed by atoms with Gasteiger partial charge in [0.25, 0.3) is 0 Å². The molecule has 0 heterocycles. The summed E-state index contributed by atoms with van der Waals surface area (Å²) >= 11 is 0. The summed E-state index contributed by atoms with van der Waals surface area (Å²) in [5.74, 6) is 0.0312. The van der Waals surface area contributed by atoms with Crippen LogP contribution in [-0.2, 0) is 0 Å². The highest BCUT2D eigenvalue weighted by Gasteiger charge is 2.17. The molecule has 0 fully saturated rings. The van der Waals surface area contributed by atoms with Crippen molar-refractivity contribution in [3.8, 4) is 0 Å². The Hall–Kier alpha value is -0.850. The van der Waals surface area contributed by atoms with Crippen LogP contribution in [0.2, 0.25) is 0 Å². The Labute approximate surface area is 70.7 Å². The number of nitrogens with zero attached hydrogens (tertiary/aromatic N) is 1. The van der Waals surface area contributed by atoms with Crippen molar-refractivity contribution in [2.75, 3.05) is 19.7 Å². The Morgan fingerprint density at radius 2 is 2.25 bits per heavy atom. The second-order valence-electron chi connectivity index (χ2n) is 2.85. The minimum absolute atomic E-state index is 0.0312. The standard InChI is InChI=1S/C6H15N3O3/c1-6(11,4-10)3-8-2-5(7)9-12/h8,10-12H,2-4H2,1H3,(H2,7,9). The second kappa shape index (κ2) is 4.91. The number of rotatable bonds is 5. The molecule has 0 aromatic rings. The van der Waals surface area contributed by atoms with Crippen LogP contribution in [0.1, 0.15) is 6.92 Å². The van der Waals surface area contributed by atoms with E-state index in [-0.39, 0.29) is 25.5 Å². The minimum atomic E-state index is -1.17. The SMILES string of the molecule is CC(O)(CO)CNCC(N)=NO. The summed E-state index contributed by atoms with van der Waals surface area (Å²) in [6.45, 7) is 1.49. The molecule has 6 N–H and O–H groups in total. The van der Waals surface area contributed by atoms with E-state index in [1.54, 1.807) is 0 Å². The average Bonchev–Trinajstić information content (AvgIpc) is 2.04. The van der Waals surface area contributed by atoms with Gasteiger partial charge in [-0.15, -0.1) is 0 Å². The highest BCUT2D eigenvalue weighted by molar-refractivity contribution is 5.81. The first kappa shape index (κ1) is 11.2. The Morgan fingerprint density at radius 1 is 1.67 bits per heavy atom. The number of aliphatic hydroxyl groups excluding tert-OH is 1. The number of nitrogens with one attached hydrogen (secondary N) is 1. The van der Waals surface area contributed by atoms with Gasteiger partial charge in [0, 0.05) is 6.54 Å². The van der Waals surface area contributed by atoms with Gasteiger partial charge in [0.2, 0.25) is 0 Å². The molecule has 0 saturated heterocycles. The van der Waals surface area contributed by atoms with Crippen molar-refractivity contribution in [2.24, 2.45) is 10.9 Å². The summed E-state index contributed by atoms with van der Waals surface area (Å²) in [7, 11) is 0. The maximum atomic E-state index is 9.25. The number of hydrogen-bond acceptors (Lipinski definition) is 5. The third kappa shape index (κ3) is 4.89. The lowest BCUT2D eigenvalue weighted by Crippen LogP contribution is -2.43. The molecule has 0 aliphatic rings. The first-order chi connectivity index (χ1) is 5.52. The molecule has 0 radical (unpaired) electrons. The maximum Gasteiger partial charge on any atom is 0.153 e. The van der Waals surface area contributed by atoms with Crippen molar-refractivity contribution in [3.63, 3.8) is 0 Å². The van der Waals surface area contributed by atoms with Crippen LogP contribution in [0.4, 0.5) is 0 Å². The fourth-order valence-corrected chi connectivity index (χ4v) is 0.551. The summed E-state index contributed by atoms with van der Waals surface area (Å²) in [5, 5.41) is 31.4. The predicted molar refractivity (Wildman–Crippen MR) is 44.0 cm³/mol. The number of aliphatic hydroxyl groups is 2. The Kier molecular flexibility index (Phi) is 4.57. The fraction of sp³-hybridized carbons (Fsp3) is 0.833. The molecule has 0 spiro atoms. The molecule has 1 atom stereocenters. The topological polar surface area (TPSA) is 111 Å². The number of nitrogens with two attached hydrogens (primary N) is 1. The summed E-state index contributed by atoms with van der Waals surface area (Å²) in [6.07, 6.45) is 0. The van der Waals surface area contributed by atoms with Crippen molar-refractivity contribution in [1.29, 1.82) is 0 Å². The molecule has 0 bridgehead atoms. The van der Waals surface area contributed by atoms with Gasteiger partial charge in [0.15, 0.2) is 5.84 Å². The van der Waals surface area contributed by atoms with Crippen LogP contribution >= 0.6 is 0 Å². The smallest absolute Gasteiger partial charge is 0.153 e. The van der Waals surface area contributed by atoms with E-state index in [0.717, 1.165) is 0 Å². The van der Waals surface area contributed by atoms with Gasteiger partial charge in [-0.05, 0) is 6.92 Å². The van der Waals surface area contributed by atoms with Gasteiger partial charge >= 0.3 is 0 Å². The summed E-state index contributed by atoms with van der Waals surface area (Å²) in [6, 6.07) is 0. The molecule has 72 valence electrons. The van der Waals surface area contributed by atoms with E-state index in [1.807, 2.05) is 0 Å². The van der Waals surface area contributed by atoms with Crippen molar-refractivity contribution in [1.82, 2.24) is 5.32 Å². The van der Waals surface area contributed by atoms with Crippen LogP contribution in [0.3, 0.4) is 0 Å². The quantitative estimate of drug-likeness (QED) is 0.145. The van der Waals surface area contributed by atoms with Crippen LogP contribution in [0.5, 0.6) is 0 Å². The van der Waals surface area contributed by atoms with E-state index in [4.69, 9.17) is 16.0 Å². The third-order valence-electron chi connectivity index (χ3n) is 1.28. The molecule has 0 aliphatic carbocycles.